The Hall–Kier alpha value is -2.08. The van der Waals surface area contributed by atoms with Gasteiger partial charge in [0.2, 0.25) is 0 Å². The number of carbonyl (C=O) groups is 1. The first kappa shape index (κ1) is 17.7. The quantitative estimate of drug-likeness (QED) is 0.566. The number of carbonyl (C=O) groups excluding carboxylic acids is 1. The zero-order valence-corrected chi connectivity index (χ0v) is 14.7. The molecule has 2 aliphatic rings. The fourth-order valence-electron chi connectivity index (χ4n) is 3.43. The van der Waals surface area contributed by atoms with Crippen LogP contribution >= 0.6 is 0 Å². The lowest BCUT2D eigenvalue weighted by Gasteiger charge is -2.23. The zero-order chi connectivity index (χ0) is 17.5. The minimum Gasteiger partial charge on any atom is -0.370 e. The van der Waals surface area contributed by atoms with Gasteiger partial charge in [-0.2, -0.15) is 0 Å². The summed E-state index contributed by atoms with van der Waals surface area (Å²) in [5.74, 6) is 0.428. The molecule has 1 saturated carbocycles. The van der Waals surface area contributed by atoms with Crippen LogP contribution in [0.3, 0.4) is 0 Å². The molecule has 1 saturated heterocycles. The highest BCUT2D eigenvalue weighted by atomic mass is 16.5. The molecular formula is C19H28N4O2. The molecule has 6 heteroatoms. The topological polar surface area (TPSA) is 88.7 Å². The first-order chi connectivity index (χ1) is 12.2. The first-order valence-corrected chi connectivity index (χ1v) is 9.28. The average molecular weight is 344 g/mol. The Balaban J connectivity index is 1.51. The van der Waals surface area contributed by atoms with Crippen LogP contribution in [-0.2, 0) is 16.1 Å². The lowest BCUT2D eigenvalue weighted by atomic mass is 9.96. The summed E-state index contributed by atoms with van der Waals surface area (Å²) in [4.78, 5) is 16.6. The maximum atomic E-state index is 12.1. The van der Waals surface area contributed by atoms with Crippen LogP contribution < -0.4 is 16.4 Å². The van der Waals surface area contributed by atoms with E-state index in [1.807, 2.05) is 24.3 Å². The van der Waals surface area contributed by atoms with Crippen LogP contribution in [0.5, 0.6) is 0 Å². The summed E-state index contributed by atoms with van der Waals surface area (Å²) in [5.41, 5.74) is 7.79. The van der Waals surface area contributed by atoms with Crippen LogP contribution in [0.2, 0.25) is 0 Å². The van der Waals surface area contributed by atoms with Crippen molar-refractivity contribution in [1.29, 1.82) is 0 Å². The molecule has 1 aromatic rings. The Kier molecular flexibility index (Phi) is 6.28. The number of rotatable bonds is 5. The fraction of sp³-hybridized carbons (Fsp3) is 0.579. The third kappa shape index (κ3) is 5.46. The summed E-state index contributed by atoms with van der Waals surface area (Å²) in [6.45, 7) is 1.16. The SMILES string of the molecule is NC(=NCc1cccc(NC(=O)C2CCCO2)c1)NC1CCCCC1. The number of ether oxygens (including phenoxy) is 1. The fourth-order valence-corrected chi connectivity index (χ4v) is 3.43. The van der Waals surface area contributed by atoms with Gasteiger partial charge in [0.1, 0.15) is 6.10 Å². The third-order valence-electron chi connectivity index (χ3n) is 4.81. The molecule has 6 nitrogen and oxygen atoms in total. The molecular weight excluding hydrogens is 316 g/mol. The first-order valence-electron chi connectivity index (χ1n) is 9.28. The van der Waals surface area contributed by atoms with E-state index in [0.29, 0.717) is 25.2 Å². The molecule has 1 aliphatic heterocycles. The maximum absolute atomic E-state index is 12.1. The van der Waals surface area contributed by atoms with Gasteiger partial charge in [-0.05, 0) is 43.4 Å². The molecule has 25 heavy (non-hydrogen) atoms. The van der Waals surface area contributed by atoms with Crippen molar-refractivity contribution in [2.24, 2.45) is 10.7 Å². The molecule has 1 atom stereocenters. The van der Waals surface area contributed by atoms with Gasteiger partial charge in [-0.1, -0.05) is 31.4 Å². The van der Waals surface area contributed by atoms with E-state index in [1.54, 1.807) is 0 Å². The zero-order valence-electron chi connectivity index (χ0n) is 14.7. The van der Waals surface area contributed by atoms with Gasteiger partial charge in [0, 0.05) is 18.3 Å². The summed E-state index contributed by atoms with van der Waals surface area (Å²) in [6.07, 6.45) is 7.59. The molecule has 1 amide bonds. The van der Waals surface area contributed by atoms with E-state index in [2.05, 4.69) is 15.6 Å². The molecule has 1 aliphatic carbocycles. The largest absolute Gasteiger partial charge is 0.370 e. The predicted molar refractivity (Wildman–Crippen MR) is 99.4 cm³/mol. The minimum atomic E-state index is -0.322. The summed E-state index contributed by atoms with van der Waals surface area (Å²) >= 11 is 0. The van der Waals surface area contributed by atoms with E-state index in [0.717, 1.165) is 24.1 Å². The highest BCUT2D eigenvalue weighted by Gasteiger charge is 2.23. The highest BCUT2D eigenvalue weighted by Crippen LogP contribution is 2.18. The van der Waals surface area contributed by atoms with Crippen molar-refractivity contribution < 1.29 is 9.53 Å². The van der Waals surface area contributed by atoms with Gasteiger partial charge < -0.3 is 21.1 Å². The number of hydrogen-bond acceptors (Lipinski definition) is 3. The van der Waals surface area contributed by atoms with Gasteiger partial charge in [-0.15, -0.1) is 0 Å². The third-order valence-corrected chi connectivity index (χ3v) is 4.81. The molecule has 136 valence electrons. The van der Waals surface area contributed by atoms with Crippen LogP contribution in [-0.4, -0.2) is 30.6 Å². The van der Waals surface area contributed by atoms with E-state index in [9.17, 15) is 4.79 Å². The predicted octanol–water partition coefficient (Wildman–Crippen LogP) is 2.54. The number of nitrogens with zero attached hydrogens (tertiary/aromatic N) is 1. The van der Waals surface area contributed by atoms with Crippen molar-refractivity contribution in [1.82, 2.24) is 5.32 Å². The lowest BCUT2D eigenvalue weighted by molar-refractivity contribution is -0.124. The van der Waals surface area contributed by atoms with E-state index < -0.39 is 0 Å². The molecule has 0 bridgehead atoms. The number of anilines is 1. The van der Waals surface area contributed by atoms with Gasteiger partial charge in [0.25, 0.3) is 5.91 Å². The number of guanidine groups is 1. The van der Waals surface area contributed by atoms with Gasteiger partial charge in [0.05, 0.1) is 6.54 Å². The van der Waals surface area contributed by atoms with Crippen molar-refractivity contribution in [3.05, 3.63) is 29.8 Å². The number of benzene rings is 1. The highest BCUT2D eigenvalue weighted by molar-refractivity contribution is 5.94. The van der Waals surface area contributed by atoms with E-state index in [1.165, 1.54) is 32.1 Å². The molecule has 0 radical (unpaired) electrons. The van der Waals surface area contributed by atoms with E-state index >= 15 is 0 Å². The van der Waals surface area contributed by atoms with Crippen molar-refractivity contribution in [2.75, 3.05) is 11.9 Å². The Morgan fingerprint density at radius 1 is 1.20 bits per heavy atom. The van der Waals surface area contributed by atoms with Crippen molar-refractivity contribution in [3.63, 3.8) is 0 Å². The minimum absolute atomic E-state index is 0.0726. The second-order valence-corrected chi connectivity index (χ2v) is 6.87. The average Bonchev–Trinajstić information content (AvgIpc) is 3.16. The number of hydrogen-bond donors (Lipinski definition) is 3. The summed E-state index contributed by atoms with van der Waals surface area (Å²) in [5, 5.41) is 6.23. The van der Waals surface area contributed by atoms with Gasteiger partial charge >= 0.3 is 0 Å². The van der Waals surface area contributed by atoms with Crippen LogP contribution in [0.15, 0.2) is 29.3 Å². The molecule has 1 aromatic carbocycles. The molecule has 0 aromatic heterocycles. The van der Waals surface area contributed by atoms with Crippen LogP contribution in [0.25, 0.3) is 0 Å². The molecule has 2 fully saturated rings. The Morgan fingerprint density at radius 3 is 2.80 bits per heavy atom. The number of amides is 1. The number of aliphatic imine (C=N–C) groups is 1. The van der Waals surface area contributed by atoms with E-state index in [-0.39, 0.29) is 12.0 Å². The van der Waals surface area contributed by atoms with E-state index in [4.69, 9.17) is 10.5 Å². The monoisotopic (exact) mass is 344 g/mol. The van der Waals surface area contributed by atoms with Crippen LogP contribution in [0.1, 0.15) is 50.5 Å². The van der Waals surface area contributed by atoms with Crippen molar-refractivity contribution >= 4 is 17.6 Å². The lowest BCUT2D eigenvalue weighted by Crippen LogP contribution is -2.41. The van der Waals surface area contributed by atoms with Crippen LogP contribution in [0, 0.1) is 0 Å². The van der Waals surface area contributed by atoms with Gasteiger partial charge in [-0.3, -0.25) is 4.79 Å². The molecule has 3 rings (SSSR count). The second kappa shape index (κ2) is 8.85. The molecule has 1 unspecified atom stereocenters. The van der Waals surface area contributed by atoms with Crippen molar-refractivity contribution in [2.45, 2.75) is 63.6 Å². The summed E-state index contributed by atoms with van der Waals surface area (Å²) < 4.78 is 5.41. The number of nitrogens with two attached hydrogens (primary N) is 1. The van der Waals surface area contributed by atoms with Gasteiger partial charge in [0.15, 0.2) is 5.96 Å². The van der Waals surface area contributed by atoms with Crippen molar-refractivity contribution in [3.8, 4) is 0 Å². The van der Waals surface area contributed by atoms with Crippen LogP contribution in [0.4, 0.5) is 5.69 Å². The smallest absolute Gasteiger partial charge is 0.253 e. The summed E-state index contributed by atoms with van der Waals surface area (Å²) in [6, 6.07) is 8.17. The second-order valence-electron chi connectivity index (χ2n) is 6.87. The summed E-state index contributed by atoms with van der Waals surface area (Å²) in [7, 11) is 0. The maximum Gasteiger partial charge on any atom is 0.253 e. The normalized spacial score (nSPS) is 21.9. The Labute approximate surface area is 149 Å². The molecule has 0 spiro atoms. The standard InChI is InChI=1S/C19H28N4O2/c20-19(23-15-7-2-1-3-8-15)21-13-14-6-4-9-16(12-14)22-18(24)17-10-5-11-25-17/h4,6,9,12,15,17H,1-3,5,7-8,10-11,13H2,(H,22,24)(H3,20,21,23). The molecule has 1 heterocycles. The molecule has 4 N–H and O–H groups in total. The number of nitrogens with one attached hydrogen (secondary N) is 2. The van der Waals surface area contributed by atoms with Gasteiger partial charge in [-0.25, -0.2) is 4.99 Å². The Bertz CT molecular complexity index is 605. The Morgan fingerprint density at radius 2 is 2.04 bits per heavy atom.